The van der Waals surface area contributed by atoms with Gasteiger partial charge in [0.05, 0.1) is 18.4 Å². The van der Waals surface area contributed by atoms with Crippen molar-refractivity contribution in [3.8, 4) is 16.9 Å². The Labute approximate surface area is 227 Å². The predicted molar refractivity (Wildman–Crippen MR) is 153 cm³/mol. The molecule has 6 rings (SSSR count). The summed E-state index contributed by atoms with van der Waals surface area (Å²) in [4.78, 5) is 38.5. The zero-order valence-corrected chi connectivity index (χ0v) is 21.3. The molecule has 8 nitrogen and oxygen atoms in total. The van der Waals surface area contributed by atoms with Gasteiger partial charge in [0.1, 0.15) is 16.9 Å². The van der Waals surface area contributed by atoms with Crippen molar-refractivity contribution in [2.24, 2.45) is 0 Å². The number of nitrogens with one attached hydrogen (secondary N) is 2. The van der Waals surface area contributed by atoms with E-state index in [0.29, 0.717) is 45.0 Å². The predicted octanol–water partition coefficient (Wildman–Crippen LogP) is 6.72. The number of hydrogen-bond donors (Lipinski definition) is 2. The Bertz CT molecular complexity index is 1940. The molecule has 0 fully saturated rings. The van der Waals surface area contributed by atoms with Crippen LogP contribution in [0.3, 0.4) is 0 Å². The number of furan rings is 1. The molecule has 2 heterocycles. The molecule has 2 aromatic heterocycles. The van der Waals surface area contributed by atoms with E-state index in [4.69, 9.17) is 13.6 Å². The van der Waals surface area contributed by atoms with Gasteiger partial charge in [0.25, 0.3) is 11.8 Å². The summed E-state index contributed by atoms with van der Waals surface area (Å²) in [6.07, 6.45) is 0. The number of carbonyl (C=O) groups is 2. The third-order valence-corrected chi connectivity index (χ3v) is 6.43. The van der Waals surface area contributed by atoms with Gasteiger partial charge in [-0.1, -0.05) is 48.5 Å². The Morgan fingerprint density at radius 2 is 1.43 bits per heavy atom. The number of amides is 2. The summed E-state index contributed by atoms with van der Waals surface area (Å²) in [5.74, 6) is -0.292. The van der Waals surface area contributed by atoms with Gasteiger partial charge in [-0.05, 0) is 54.1 Å². The average molecular weight is 531 g/mol. The third-order valence-electron chi connectivity index (χ3n) is 6.43. The summed E-state index contributed by atoms with van der Waals surface area (Å²) >= 11 is 0. The molecule has 0 aliphatic carbocycles. The van der Waals surface area contributed by atoms with Crippen LogP contribution >= 0.6 is 0 Å². The van der Waals surface area contributed by atoms with Gasteiger partial charge >= 0.3 is 5.63 Å². The van der Waals surface area contributed by atoms with Crippen molar-refractivity contribution in [2.75, 3.05) is 17.7 Å². The Kier molecular flexibility index (Phi) is 6.34. The highest BCUT2D eigenvalue weighted by Gasteiger charge is 2.16. The molecule has 0 atom stereocenters. The molecule has 0 bridgehead atoms. The minimum absolute atomic E-state index is 0.168. The van der Waals surface area contributed by atoms with Crippen molar-refractivity contribution < 1.29 is 23.2 Å². The van der Waals surface area contributed by atoms with Crippen LogP contribution in [0.15, 0.2) is 117 Å². The highest BCUT2D eigenvalue weighted by molar-refractivity contribution is 6.07. The van der Waals surface area contributed by atoms with Crippen molar-refractivity contribution >= 4 is 45.1 Å². The topological polar surface area (TPSA) is 111 Å². The number of anilines is 2. The Hall–Kier alpha value is -5.63. The molecular formula is C32H22N2O6. The SMILES string of the molecule is COc1cc(NC(=O)c2cccc(-c3cc4ccccc4oc3=O)c2)ccc1NC(=O)c1cc2ccccc2o1. The highest BCUT2D eigenvalue weighted by atomic mass is 16.5. The van der Waals surface area contributed by atoms with E-state index in [-0.39, 0.29) is 11.7 Å². The molecule has 0 radical (unpaired) electrons. The zero-order valence-electron chi connectivity index (χ0n) is 21.3. The number of hydrogen-bond acceptors (Lipinski definition) is 6. The molecule has 6 aromatic rings. The monoisotopic (exact) mass is 530 g/mol. The van der Waals surface area contributed by atoms with Crippen LogP contribution in [0, 0.1) is 0 Å². The van der Waals surface area contributed by atoms with Gasteiger partial charge in [-0.3, -0.25) is 9.59 Å². The van der Waals surface area contributed by atoms with Crippen molar-refractivity contribution in [2.45, 2.75) is 0 Å². The first-order chi connectivity index (χ1) is 19.5. The minimum atomic E-state index is -0.485. The molecule has 0 spiro atoms. The fourth-order valence-electron chi connectivity index (χ4n) is 4.44. The summed E-state index contributed by atoms with van der Waals surface area (Å²) in [6.45, 7) is 0. The Balaban J connectivity index is 1.21. The van der Waals surface area contributed by atoms with Crippen LogP contribution in [0.1, 0.15) is 20.9 Å². The normalized spacial score (nSPS) is 10.9. The number of methoxy groups -OCH3 is 1. The van der Waals surface area contributed by atoms with Gasteiger partial charge in [0.2, 0.25) is 0 Å². The number of rotatable bonds is 6. The van der Waals surface area contributed by atoms with Crippen molar-refractivity contribution in [3.63, 3.8) is 0 Å². The Morgan fingerprint density at radius 1 is 0.700 bits per heavy atom. The first kappa shape index (κ1) is 24.7. The Morgan fingerprint density at radius 3 is 2.17 bits per heavy atom. The maximum absolute atomic E-state index is 13.1. The summed E-state index contributed by atoms with van der Waals surface area (Å²) < 4.78 is 16.5. The first-order valence-electron chi connectivity index (χ1n) is 12.4. The standard InChI is InChI=1S/C32H22N2O6/c1-38-28-18-23(13-14-25(28)34-31(36)29-17-21-8-3-4-11-26(21)39-29)33-30(35)22-10-6-9-19(15-22)24-16-20-7-2-5-12-27(20)40-32(24)37/h2-18H,1H3,(H,33,35)(H,34,36). The quantitative estimate of drug-likeness (QED) is 0.231. The second-order valence-electron chi connectivity index (χ2n) is 9.04. The van der Waals surface area contributed by atoms with E-state index in [1.807, 2.05) is 30.3 Å². The lowest BCUT2D eigenvalue weighted by atomic mass is 10.0. The van der Waals surface area contributed by atoms with Crippen LogP contribution in [0.25, 0.3) is 33.1 Å². The van der Waals surface area contributed by atoms with Crippen molar-refractivity contribution in [3.05, 3.63) is 125 Å². The lowest BCUT2D eigenvalue weighted by Gasteiger charge is -2.12. The minimum Gasteiger partial charge on any atom is -0.494 e. The van der Waals surface area contributed by atoms with Crippen LogP contribution in [0.5, 0.6) is 5.75 Å². The van der Waals surface area contributed by atoms with Crippen molar-refractivity contribution in [1.29, 1.82) is 0 Å². The fourth-order valence-corrected chi connectivity index (χ4v) is 4.44. The van der Waals surface area contributed by atoms with E-state index in [9.17, 15) is 14.4 Å². The van der Waals surface area contributed by atoms with Gasteiger partial charge in [-0.15, -0.1) is 0 Å². The molecule has 196 valence electrons. The molecule has 2 amide bonds. The number of benzene rings is 4. The largest absolute Gasteiger partial charge is 0.494 e. The molecule has 40 heavy (non-hydrogen) atoms. The summed E-state index contributed by atoms with van der Waals surface area (Å²) in [5.41, 5.74) is 2.77. The van der Waals surface area contributed by atoms with E-state index in [0.717, 1.165) is 10.8 Å². The number of para-hydroxylation sites is 2. The second kappa shape index (κ2) is 10.3. The molecule has 0 aliphatic heterocycles. The molecule has 2 N–H and O–H groups in total. The van der Waals surface area contributed by atoms with Crippen LogP contribution in [0.2, 0.25) is 0 Å². The lowest BCUT2D eigenvalue weighted by Crippen LogP contribution is -2.14. The van der Waals surface area contributed by atoms with Gasteiger partial charge in [-0.2, -0.15) is 0 Å². The second-order valence-corrected chi connectivity index (χ2v) is 9.04. The lowest BCUT2D eigenvalue weighted by molar-refractivity contribution is 0.0996. The van der Waals surface area contributed by atoms with Gasteiger partial charge < -0.3 is 24.2 Å². The van der Waals surface area contributed by atoms with Gasteiger partial charge in [0.15, 0.2) is 5.76 Å². The maximum atomic E-state index is 13.1. The van der Waals surface area contributed by atoms with E-state index in [1.165, 1.54) is 7.11 Å². The van der Waals surface area contributed by atoms with E-state index in [2.05, 4.69) is 10.6 Å². The van der Waals surface area contributed by atoms with Gasteiger partial charge in [-0.25, -0.2) is 4.79 Å². The maximum Gasteiger partial charge on any atom is 0.344 e. The number of ether oxygens (including phenoxy) is 1. The van der Waals surface area contributed by atoms with Gasteiger partial charge in [0, 0.05) is 28.1 Å². The molecular weight excluding hydrogens is 508 g/mol. The molecule has 8 heteroatoms. The average Bonchev–Trinajstić information content (AvgIpc) is 3.42. The van der Waals surface area contributed by atoms with Crippen molar-refractivity contribution in [1.82, 2.24) is 0 Å². The fraction of sp³-hybridized carbons (Fsp3) is 0.0312. The summed E-state index contributed by atoms with van der Waals surface area (Å²) in [6, 6.07) is 29.6. The molecule has 0 saturated carbocycles. The van der Waals surface area contributed by atoms with Crippen LogP contribution < -0.4 is 21.0 Å². The first-order valence-corrected chi connectivity index (χ1v) is 12.4. The van der Waals surface area contributed by atoms with E-state index >= 15 is 0 Å². The smallest absolute Gasteiger partial charge is 0.344 e. The summed E-state index contributed by atoms with van der Waals surface area (Å²) in [7, 11) is 1.47. The zero-order chi connectivity index (χ0) is 27.6. The third kappa shape index (κ3) is 4.81. The summed E-state index contributed by atoms with van der Waals surface area (Å²) in [5, 5.41) is 7.23. The number of fused-ring (bicyclic) bond motifs is 2. The highest BCUT2D eigenvalue weighted by Crippen LogP contribution is 2.30. The van der Waals surface area contributed by atoms with Crippen LogP contribution in [-0.2, 0) is 0 Å². The van der Waals surface area contributed by atoms with E-state index < -0.39 is 11.5 Å². The number of carbonyl (C=O) groups excluding carboxylic acids is 2. The molecule has 0 saturated heterocycles. The van der Waals surface area contributed by atoms with E-state index in [1.54, 1.807) is 72.8 Å². The molecule has 0 aliphatic rings. The van der Waals surface area contributed by atoms with Crippen LogP contribution in [0.4, 0.5) is 11.4 Å². The van der Waals surface area contributed by atoms with Crippen LogP contribution in [-0.4, -0.2) is 18.9 Å². The molecule has 0 unspecified atom stereocenters. The molecule has 4 aromatic carbocycles.